The number of hydrogen-bond acceptors (Lipinski definition) is 4. The molecular formula is C13H17N5O3. The predicted molar refractivity (Wildman–Crippen MR) is 73.6 cm³/mol. The van der Waals surface area contributed by atoms with Crippen molar-refractivity contribution in [3.8, 4) is 0 Å². The van der Waals surface area contributed by atoms with Crippen molar-refractivity contribution in [1.82, 2.24) is 24.5 Å². The summed E-state index contributed by atoms with van der Waals surface area (Å²) >= 11 is 0. The Balaban J connectivity index is 2.04. The summed E-state index contributed by atoms with van der Waals surface area (Å²) < 4.78 is 2.87. The second-order valence-corrected chi connectivity index (χ2v) is 4.84. The van der Waals surface area contributed by atoms with E-state index in [0.717, 1.165) is 11.3 Å². The second kappa shape index (κ2) is 5.78. The number of rotatable bonds is 5. The van der Waals surface area contributed by atoms with Crippen LogP contribution in [0.3, 0.4) is 0 Å². The van der Waals surface area contributed by atoms with E-state index in [1.165, 1.54) is 21.8 Å². The molecule has 112 valence electrons. The number of carbonyl (C=O) groups is 2. The first kappa shape index (κ1) is 14.8. The number of aryl methyl sites for hydroxylation is 2. The van der Waals surface area contributed by atoms with Gasteiger partial charge in [-0.15, -0.1) is 0 Å². The molecule has 0 radical (unpaired) electrons. The fraction of sp³-hybridized carbons (Fsp3) is 0.385. The van der Waals surface area contributed by atoms with Crippen LogP contribution >= 0.6 is 0 Å². The smallest absolute Gasteiger partial charge is 0.354 e. The van der Waals surface area contributed by atoms with E-state index in [4.69, 9.17) is 5.11 Å². The van der Waals surface area contributed by atoms with Crippen LogP contribution in [0, 0.1) is 6.92 Å². The maximum atomic E-state index is 12.2. The molecule has 0 bridgehead atoms. The molecule has 0 aliphatic rings. The fourth-order valence-corrected chi connectivity index (χ4v) is 2.04. The van der Waals surface area contributed by atoms with Crippen molar-refractivity contribution in [2.24, 2.45) is 7.05 Å². The zero-order valence-corrected chi connectivity index (χ0v) is 12.1. The Morgan fingerprint density at radius 1 is 1.43 bits per heavy atom. The van der Waals surface area contributed by atoms with Crippen LogP contribution in [-0.4, -0.2) is 48.5 Å². The number of aromatic carboxylic acids is 1. The van der Waals surface area contributed by atoms with Gasteiger partial charge in [0.05, 0.1) is 5.69 Å². The van der Waals surface area contributed by atoms with Gasteiger partial charge in [-0.3, -0.25) is 9.48 Å². The summed E-state index contributed by atoms with van der Waals surface area (Å²) in [5, 5.41) is 17.1. The van der Waals surface area contributed by atoms with Gasteiger partial charge in [0, 0.05) is 38.6 Å². The van der Waals surface area contributed by atoms with Crippen molar-refractivity contribution < 1.29 is 14.7 Å². The lowest BCUT2D eigenvalue weighted by Gasteiger charge is -2.17. The Bertz CT molecular complexity index is 673. The fourth-order valence-electron chi connectivity index (χ4n) is 2.04. The maximum absolute atomic E-state index is 12.2. The number of carbonyl (C=O) groups excluding carboxylic acids is 1. The van der Waals surface area contributed by atoms with Crippen LogP contribution in [-0.2, 0) is 24.9 Å². The third kappa shape index (κ3) is 3.28. The molecule has 8 heteroatoms. The molecule has 2 aromatic heterocycles. The molecule has 0 spiro atoms. The molecule has 21 heavy (non-hydrogen) atoms. The van der Waals surface area contributed by atoms with E-state index >= 15 is 0 Å². The third-order valence-electron chi connectivity index (χ3n) is 3.17. The first-order valence-electron chi connectivity index (χ1n) is 6.36. The quantitative estimate of drug-likeness (QED) is 0.854. The van der Waals surface area contributed by atoms with Gasteiger partial charge in [-0.1, -0.05) is 0 Å². The summed E-state index contributed by atoms with van der Waals surface area (Å²) in [6.07, 6.45) is 3.22. The minimum atomic E-state index is -1.11. The van der Waals surface area contributed by atoms with E-state index in [-0.39, 0.29) is 18.1 Å². The Morgan fingerprint density at radius 3 is 2.71 bits per heavy atom. The van der Waals surface area contributed by atoms with E-state index < -0.39 is 5.97 Å². The molecule has 8 nitrogen and oxygen atoms in total. The van der Waals surface area contributed by atoms with Crippen LogP contribution < -0.4 is 0 Å². The highest BCUT2D eigenvalue weighted by molar-refractivity contribution is 5.86. The minimum absolute atomic E-state index is 0.00527. The Kier molecular flexibility index (Phi) is 4.06. The zero-order chi connectivity index (χ0) is 15.6. The van der Waals surface area contributed by atoms with Crippen molar-refractivity contribution in [3.63, 3.8) is 0 Å². The molecule has 0 aliphatic heterocycles. The van der Waals surface area contributed by atoms with Gasteiger partial charge in [-0.25, -0.2) is 9.48 Å². The van der Waals surface area contributed by atoms with E-state index in [0.29, 0.717) is 6.54 Å². The van der Waals surface area contributed by atoms with Crippen molar-refractivity contribution in [3.05, 3.63) is 35.4 Å². The Hall–Kier alpha value is -2.64. The van der Waals surface area contributed by atoms with Crippen molar-refractivity contribution in [2.45, 2.75) is 20.0 Å². The van der Waals surface area contributed by atoms with Crippen LogP contribution in [0.25, 0.3) is 0 Å². The highest BCUT2D eigenvalue weighted by Crippen LogP contribution is 2.08. The van der Waals surface area contributed by atoms with Gasteiger partial charge in [0.15, 0.2) is 0 Å². The van der Waals surface area contributed by atoms with E-state index in [2.05, 4.69) is 10.2 Å². The second-order valence-electron chi connectivity index (χ2n) is 4.84. The number of aromatic nitrogens is 4. The first-order valence-corrected chi connectivity index (χ1v) is 6.36. The number of likely N-dealkylation sites (N-methyl/N-ethyl adjacent to an activating group) is 1. The minimum Gasteiger partial charge on any atom is -0.477 e. The Labute approximate surface area is 121 Å². The summed E-state index contributed by atoms with van der Waals surface area (Å²) in [7, 11) is 3.49. The normalized spacial score (nSPS) is 10.6. The highest BCUT2D eigenvalue weighted by atomic mass is 16.4. The SMILES string of the molecule is Cc1nn(C)cc1CN(C)C(=O)Cn1nccc1C(=O)O. The van der Waals surface area contributed by atoms with Gasteiger partial charge in [-0.05, 0) is 13.0 Å². The van der Waals surface area contributed by atoms with Crippen LogP contribution in [0.15, 0.2) is 18.5 Å². The average Bonchev–Trinajstić information content (AvgIpc) is 2.96. The van der Waals surface area contributed by atoms with Gasteiger partial charge >= 0.3 is 5.97 Å². The third-order valence-corrected chi connectivity index (χ3v) is 3.17. The largest absolute Gasteiger partial charge is 0.477 e. The highest BCUT2D eigenvalue weighted by Gasteiger charge is 2.17. The standard InChI is InChI=1S/C13H17N5O3/c1-9-10(7-17(3)15-9)6-16(2)12(19)8-18-11(13(20)21)4-5-14-18/h4-5,7H,6,8H2,1-3H3,(H,20,21). The van der Waals surface area contributed by atoms with E-state index in [1.54, 1.807) is 11.7 Å². The molecule has 0 saturated carbocycles. The molecule has 2 aromatic rings. The summed E-state index contributed by atoms with van der Waals surface area (Å²) in [4.78, 5) is 24.7. The molecule has 0 aromatic carbocycles. The molecule has 0 saturated heterocycles. The molecule has 0 aliphatic carbocycles. The molecule has 0 atom stereocenters. The molecule has 0 unspecified atom stereocenters. The summed E-state index contributed by atoms with van der Waals surface area (Å²) in [5.74, 6) is -1.32. The van der Waals surface area contributed by atoms with Crippen molar-refractivity contribution in [2.75, 3.05) is 7.05 Å². The van der Waals surface area contributed by atoms with E-state index in [9.17, 15) is 9.59 Å². The van der Waals surface area contributed by atoms with E-state index in [1.807, 2.05) is 20.2 Å². The summed E-state index contributed by atoms with van der Waals surface area (Å²) in [5.41, 5.74) is 1.81. The number of nitrogens with zero attached hydrogens (tertiary/aromatic N) is 5. The van der Waals surface area contributed by atoms with Gasteiger partial charge in [-0.2, -0.15) is 10.2 Å². The van der Waals surface area contributed by atoms with Crippen LogP contribution in [0.4, 0.5) is 0 Å². The van der Waals surface area contributed by atoms with Gasteiger partial charge in [0.1, 0.15) is 12.2 Å². The zero-order valence-electron chi connectivity index (χ0n) is 12.1. The Morgan fingerprint density at radius 2 is 2.14 bits per heavy atom. The van der Waals surface area contributed by atoms with Gasteiger partial charge in [0.2, 0.25) is 5.91 Å². The molecule has 2 rings (SSSR count). The number of amides is 1. The van der Waals surface area contributed by atoms with Gasteiger partial charge in [0.25, 0.3) is 0 Å². The van der Waals surface area contributed by atoms with Crippen molar-refractivity contribution >= 4 is 11.9 Å². The number of hydrogen-bond donors (Lipinski definition) is 1. The topological polar surface area (TPSA) is 93.3 Å². The molecule has 1 amide bonds. The van der Waals surface area contributed by atoms with Gasteiger partial charge < -0.3 is 10.0 Å². The monoisotopic (exact) mass is 291 g/mol. The molecular weight excluding hydrogens is 274 g/mol. The molecule has 0 fully saturated rings. The lowest BCUT2D eigenvalue weighted by atomic mass is 10.2. The average molecular weight is 291 g/mol. The molecule has 2 heterocycles. The van der Waals surface area contributed by atoms with Crippen LogP contribution in [0.5, 0.6) is 0 Å². The lowest BCUT2D eigenvalue weighted by Crippen LogP contribution is -2.31. The molecule has 1 N–H and O–H groups in total. The summed E-state index contributed by atoms with van der Waals surface area (Å²) in [6, 6.07) is 1.36. The number of carboxylic acids is 1. The first-order chi connectivity index (χ1) is 9.88. The van der Waals surface area contributed by atoms with Crippen molar-refractivity contribution in [1.29, 1.82) is 0 Å². The number of carboxylic acid groups (broad SMARTS) is 1. The lowest BCUT2D eigenvalue weighted by molar-refractivity contribution is -0.131. The summed E-state index contributed by atoms with van der Waals surface area (Å²) in [6.45, 7) is 2.19. The predicted octanol–water partition coefficient (Wildman–Crippen LogP) is 0.282. The van der Waals surface area contributed by atoms with Crippen LogP contribution in [0.2, 0.25) is 0 Å². The maximum Gasteiger partial charge on any atom is 0.354 e. The van der Waals surface area contributed by atoms with Crippen LogP contribution in [0.1, 0.15) is 21.7 Å².